The quantitative estimate of drug-likeness (QED) is 0.704. The fourth-order valence-electron chi connectivity index (χ4n) is 2.00. The second-order valence-corrected chi connectivity index (χ2v) is 9.37. The van der Waals surface area contributed by atoms with E-state index < -0.39 is 20.0 Å². The van der Waals surface area contributed by atoms with E-state index in [1.165, 1.54) is 24.3 Å². The van der Waals surface area contributed by atoms with Crippen LogP contribution >= 0.6 is 11.6 Å². The van der Waals surface area contributed by atoms with Crippen LogP contribution in [-0.2, 0) is 20.0 Å². The molecule has 2 rings (SSSR count). The molecule has 0 aliphatic rings. The van der Waals surface area contributed by atoms with Crippen LogP contribution in [0.15, 0.2) is 53.4 Å². The third-order valence-electron chi connectivity index (χ3n) is 3.30. The van der Waals surface area contributed by atoms with Crippen molar-refractivity contribution in [2.45, 2.75) is 24.7 Å². The number of rotatable bonds is 8. The molecular weight excluding hydrogens is 384 g/mol. The normalized spacial score (nSPS) is 11.9. The summed E-state index contributed by atoms with van der Waals surface area (Å²) in [5, 5.41) is 0.502. The van der Waals surface area contributed by atoms with Gasteiger partial charge in [-0.2, -0.15) is 0 Å². The van der Waals surface area contributed by atoms with Crippen LogP contribution in [0.25, 0.3) is 0 Å². The highest BCUT2D eigenvalue weighted by Crippen LogP contribution is 2.20. The predicted octanol–water partition coefficient (Wildman–Crippen LogP) is 3.68. The predicted molar refractivity (Wildman–Crippen MR) is 101 cm³/mol. The molecule has 0 saturated carbocycles. The first kappa shape index (κ1) is 19.6. The number of hydrogen-bond acceptors (Lipinski definition) is 4. The van der Waals surface area contributed by atoms with Crippen LogP contribution in [0, 0.1) is 0 Å². The summed E-state index contributed by atoms with van der Waals surface area (Å²) in [6.45, 7) is 1.91. The molecule has 0 saturated heterocycles. The van der Waals surface area contributed by atoms with E-state index in [2.05, 4.69) is 9.44 Å². The molecule has 0 aliphatic heterocycles. The molecule has 0 bridgehead atoms. The fourth-order valence-corrected chi connectivity index (χ4v) is 4.45. The van der Waals surface area contributed by atoms with Crippen LogP contribution in [0.3, 0.4) is 0 Å². The van der Waals surface area contributed by atoms with Gasteiger partial charge in [0.2, 0.25) is 10.0 Å². The monoisotopic (exact) mass is 402 g/mol. The van der Waals surface area contributed by atoms with Gasteiger partial charge < -0.3 is 0 Å². The van der Waals surface area contributed by atoms with E-state index in [1.54, 1.807) is 24.3 Å². The van der Waals surface area contributed by atoms with E-state index in [0.717, 1.165) is 6.42 Å². The number of anilines is 2. The van der Waals surface area contributed by atoms with Crippen LogP contribution in [0.5, 0.6) is 0 Å². The van der Waals surface area contributed by atoms with E-state index in [1.807, 2.05) is 6.92 Å². The zero-order valence-electron chi connectivity index (χ0n) is 13.6. The van der Waals surface area contributed by atoms with Crippen LogP contribution in [-0.4, -0.2) is 22.6 Å². The Bertz CT molecular complexity index is 910. The molecule has 0 spiro atoms. The smallest absolute Gasteiger partial charge is 0.261 e. The van der Waals surface area contributed by atoms with Gasteiger partial charge in [-0.1, -0.05) is 24.9 Å². The average Bonchev–Trinajstić information content (AvgIpc) is 2.55. The Morgan fingerprint density at radius 2 is 1.36 bits per heavy atom. The number of sulfonamides is 2. The zero-order valence-corrected chi connectivity index (χ0v) is 16.0. The lowest BCUT2D eigenvalue weighted by molar-refractivity contribution is 0.597. The van der Waals surface area contributed by atoms with Gasteiger partial charge in [-0.05, 0) is 55.0 Å². The van der Waals surface area contributed by atoms with Gasteiger partial charge in [0.15, 0.2) is 0 Å². The molecule has 0 atom stereocenters. The van der Waals surface area contributed by atoms with Crippen LogP contribution in [0.4, 0.5) is 11.4 Å². The Balaban J connectivity index is 2.11. The van der Waals surface area contributed by atoms with Gasteiger partial charge in [-0.3, -0.25) is 9.44 Å². The van der Waals surface area contributed by atoms with Gasteiger partial charge in [-0.25, -0.2) is 16.8 Å². The molecule has 9 heteroatoms. The summed E-state index contributed by atoms with van der Waals surface area (Å²) in [6.07, 6.45) is 1.33. The number of hydrogen-bond donors (Lipinski definition) is 2. The van der Waals surface area contributed by atoms with Crippen molar-refractivity contribution in [2.24, 2.45) is 0 Å². The first-order valence-electron chi connectivity index (χ1n) is 7.61. The topological polar surface area (TPSA) is 92.3 Å². The summed E-state index contributed by atoms with van der Waals surface area (Å²) in [5.41, 5.74) is 0.704. The largest absolute Gasteiger partial charge is 0.284 e. The van der Waals surface area contributed by atoms with Crippen LogP contribution in [0.1, 0.15) is 19.8 Å². The summed E-state index contributed by atoms with van der Waals surface area (Å²) < 4.78 is 53.3. The maximum Gasteiger partial charge on any atom is 0.261 e. The van der Waals surface area contributed by atoms with Gasteiger partial charge in [0.05, 0.1) is 10.6 Å². The summed E-state index contributed by atoms with van der Waals surface area (Å²) in [7, 11) is -7.20. The Kier molecular flexibility index (Phi) is 6.31. The minimum atomic E-state index is -3.77. The first-order chi connectivity index (χ1) is 11.7. The van der Waals surface area contributed by atoms with E-state index in [0.29, 0.717) is 22.8 Å². The second-order valence-electron chi connectivity index (χ2n) is 5.41. The molecular formula is C16H19ClN2O4S2. The number of nitrogens with one attached hydrogen (secondary N) is 2. The maximum absolute atomic E-state index is 12.3. The van der Waals surface area contributed by atoms with Gasteiger partial charge in [0.25, 0.3) is 10.0 Å². The summed E-state index contributed by atoms with van der Waals surface area (Å²) in [5.74, 6) is 0.0294. The molecule has 0 aromatic heterocycles. The molecule has 0 heterocycles. The molecule has 25 heavy (non-hydrogen) atoms. The van der Waals surface area contributed by atoms with Crippen molar-refractivity contribution in [3.05, 3.63) is 53.6 Å². The Hall–Kier alpha value is -1.77. The molecule has 0 unspecified atom stereocenters. The molecule has 136 valence electrons. The van der Waals surface area contributed by atoms with Crippen molar-refractivity contribution in [2.75, 3.05) is 15.2 Å². The molecule has 0 amide bonds. The van der Waals surface area contributed by atoms with Gasteiger partial charge in [0, 0.05) is 16.4 Å². The van der Waals surface area contributed by atoms with Crippen molar-refractivity contribution in [3.8, 4) is 0 Å². The SMILES string of the molecule is CCCCS(=O)(=O)Nc1ccc(S(=O)(=O)Nc2ccc(Cl)cc2)cc1. The Morgan fingerprint density at radius 1 is 0.840 bits per heavy atom. The summed E-state index contributed by atoms with van der Waals surface area (Å²) in [6, 6.07) is 11.8. The van der Waals surface area contributed by atoms with Crippen molar-refractivity contribution < 1.29 is 16.8 Å². The minimum absolute atomic E-state index is 0.0268. The lowest BCUT2D eigenvalue weighted by Crippen LogP contribution is -2.17. The lowest BCUT2D eigenvalue weighted by atomic mass is 10.3. The first-order valence-corrected chi connectivity index (χ1v) is 11.1. The van der Waals surface area contributed by atoms with Crippen molar-refractivity contribution in [1.29, 1.82) is 0 Å². The Labute approximate surface area is 153 Å². The average molecular weight is 403 g/mol. The van der Waals surface area contributed by atoms with Crippen LogP contribution < -0.4 is 9.44 Å². The Morgan fingerprint density at radius 3 is 1.92 bits per heavy atom. The maximum atomic E-state index is 12.3. The molecule has 0 aliphatic carbocycles. The fraction of sp³-hybridized carbons (Fsp3) is 0.250. The van der Waals surface area contributed by atoms with Gasteiger partial charge in [0.1, 0.15) is 0 Å². The molecule has 0 radical (unpaired) electrons. The lowest BCUT2D eigenvalue weighted by Gasteiger charge is -2.10. The summed E-state index contributed by atoms with van der Waals surface area (Å²) >= 11 is 5.77. The number of unbranched alkanes of at least 4 members (excludes halogenated alkanes) is 1. The standard InChI is InChI=1S/C16H19ClN2O4S2/c1-2-3-12-24(20,21)18-14-8-10-16(11-9-14)25(22,23)19-15-6-4-13(17)5-7-15/h4-11,18-19H,2-3,12H2,1H3. The minimum Gasteiger partial charge on any atom is -0.284 e. The molecule has 6 nitrogen and oxygen atoms in total. The third-order valence-corrected chi connectivity index (χ3v) is 6.32. The van der Waals surface area contributed by atoms with Crippen molar-refractivity contribution in [3.63, 3.8) is 0 Å². The summed E-state index contributed by atoms with van der Waals surface area (Å²) in [4.78, 5) is 0.0268. The van der Waals surface area contributed by atoms with E-state index in [4.69, 9.17) is 11.6 Å². The molecule has 0 fully saturated rings. The van der Waals surface area contributed by atoms with E-state index in [-0.39, 0.29) is 10.6 Å². The van der Waals surface area contributed by atoms with Gasteiger partial charge >= 0.3 is 0 Å². The van der Waals surface area contributed by atoms with Crippen LogP contribution in [0.2, 0.25) is 5.02 Å². The van der Waals surface area contributed by atoms with E-state index >= 15 is 0 Å². The zero-order chi connectivity index (χ0) is 18.5. The highest BCUT2D eigenvalue weighted by Gasteiger charge is 2.15. The molecule has 2 aromatic carbocycles. The van der Waals surface area contributed by atoms with Crippen molar-refractivity contribution in [1.82, 2.24) is 0 Å². The van der Waals surface area contributed by atoms with Gasteiger partial charge in [-0.15, -0.1) is 0 Å². The highest BCUT2D eigenvalue weighted by atomic mass is 35.5. The number of benzene rings is 2. The molecule has 2 N–H and O–H groups in total. The van der Waals surface area contributed by atoms with Crippen molar-refractivity contribution >= 4 is 43.0 Å². The molecule has 2 aromatic rings. The second kappa shape index (κ2) is 8.07. The third kappa shape index (κ3) is 5.91. The highest BCUT2D eigenvalue weighted by molar-refractivity contribution is 7.93. The number of halogens is 1. The van der Waals surface area contributed by atoms with E-state index in [9.17, 15) is 16.8 Å².